The first kappa shape index (κ1) is 21.7. The topological polar surface area (TPSA) is 85.7 Å². The SMILES string of the molecule is CO[C@H]1[C@@H](S)O[C@@H]2COC(c3ccccc3)O[C@@H]2C1(N=[N+]=[N-])c1cc(Cl)ccc1Cl. The Kier molecular flexibility index (Phi) is 6.48. The van der Waals surface area contributed by atoms with E-state index >= 15 is 0 Å². The second-order valence-electron chi connectivity index (χ2n) is 6.99. The van der Waals surface area contributed by atoms with Crippen LogP contribution in [0.15, 0.2) is 53.6 Å². The zero-order chi connectivity index (χ0) is 21.3. The molecule has 0 saturated carbocycles. The van der Waals surface area contributed by atoms with Crippen molar-refractivity contribution in [3.63, 3.8) is 0 Å². The lowest BCUT2D eigenvalue weighted by molar-refractivity contribution is -0.317. The first-order valence-electron chi connectivity index (χ1n) is 9.21. The fraction of sp³-hybridized carbons (Fsp3) is 0.400. The van der Waals surface area contributed by atoms with Crippen molar-refractivity contribution < 1.29 is 18.9 Å². The van der Waals surface area contributed by atoms with E-state index in [1.807, 2.05) is 30.3 Å². The Bertz CT molecular complexity index is 962. The first-order valence-corrected chi connectivity index (χ1v) is 10.5. The number of thiol groups is 1. The van der Waals surface area contributed by atoms with Crippen molar-refractivity contribution in [1.82, 2.24) is 0 Å². The Hall–Kier alpha value is -1.48. The van der Waals surface area contributed by atoms with Gasteiger partial charge in [0.2, 0.25) is 0 Å². The van der Waals surface area contributed by atoms with Gasteiger partial charge in [0.25, 0.3) is 0 Å². The van der Waals surface area contributed by atoms with Gasteiger partial charge in [0, 0.05) is 27.6 Å². The van der Waals surface area contributed by atoms with Crippen LogP contribution in [-0.4, -0.2) is 37.5 Å². The van der Waals surface area contributed by atoms with Crippen molar-refractivity contribution in [2.24, 2.45) is 5.11 Å². The van der Waals surface area contributed by atoms with Gasteiger partial charge < -0.3 is 18.9 Å². The molecule has 0 bridgehead atoms. The highest BCUT2D eigenvalue weighted by Gasteiger charge is 2.60. The van der Waals surface area contributed by atoms with Crippen LogP contribution in [0.3, 0.4) is 0 Å². The highest BCUT2D eigenvalue weighted by atomic mass is 35.5. The first-order chi connectivity index (χ1) is 14.5. The van der Waals surface area contributed by atoms with Crippen LogP contribution in [0.25, 0.3) is 10.4 Å². The van der Waals surface area contributed by atoms with Gasteiger partial charge >= 0.3 is 0 Å². The summed E-state index contributed by atoms with van der Waals surface area (Å²) in [6.45, 7) is 0.207. The summed E-state index contributed by atoms with van der Waals surface area (Å²) in [5, 5.41) is 5.00. The smallest absolute Gasteiger partial charge is 0.184 e. The fourth-order valence-electron chi connectivity index (χ4n) is 4.09. The third kappa shape index (κ3) is 3.68. The summed E-state index contributed by atoms with van der Waals surface area (Å²) in [5.74, 6) is 0. The molecule has 2 aromatic rings. The molecule has 2 unspecified atom stereocenters. The van der Waals surface area contributed by atoms with Crippen LogP contribution >= 0.6 is 35.8 Å². The van der Waals surface area contributed by atoms with Crippen molar-refractivity contribution in [1.29, 1.82) is 0 Å². The van der Waals surface area contributed by atoms with E-state index in [0.29, 0.717) is 15.6 Å². The Morgan fingerprint density at radius 1 is 1.20 bits per heavy atom. The minimum atomic E-state index is -1.39. The normalized spacial score (nSPS) is 33.4. The lowest BCUT2D eigenvalue weighted by Gasteiger charge is -2.53. The summed E-state index contributed by atoms with van der Waals surface area (Å²) < 4.78 is 24.0. The summed E-state index contributed by atoms with van der Waals surface area (Å²) in [4.78, 5) is 3.13. The number of azide groups is 1. The van der Waals surface area contributed by atoms with Gasteiger partial charge in [0.05, 0.1) is 6.61 Å². The molecule has 2 aromatic carbocycles. The molecular weight excluding hydrogens is 449 g/mol. The Balaban J connectivity index is 1.88. The molecule has 0 N–H and O–H groups in total. The zero-order valence-corrected chi connectivity index (χ0v) is 18.3. The van der Waals surface area contributed by atoms with Crippen LogP contribution in [0.5, 0.6) is 0 Å². The van der Waals surface area contributed by atoms with E-state index < -0.39 is 35.6 Å². The van der Waals surface area contributed by atoms with Crippen molar-refractivity contribution >= 4 is 35.8 Å². The quantitative estimate of drug-likeness (QED) is 0.286. The molecule has 0 aromatic heterocycles. The molecule has 4 rings (SSSR count). The second-order valence-corrected chi connectivity index (χ2v) is 8.35. The molecule has 2 aliphatic rings. The number of fused-ring (bicyclic) bond motifs is 1. The Labute approximate surface area is 189 Å². The molecule has 2 heterocycles. The molecule has 30 heavy (non-hydrogen) atoms. The van der Waals surface area contributed by atoms with Crippen LogP contribution in [0.4, 0.5) is 0 Å². The number of hydrogen-bond donors (Lipinski definition) is 1. The maximum atomic E-state index is 9.55. The maximum absolute atomic E-state index is 9.55. The van der Waals surface area contributed by atoms with Crippen LogP contribution in [-0.2, 0) is 24.5 Å². The average Bonchev–Trinajstić information content (AvgIpc) is 2.76. The largest absolute Gasteiger partial charge is 0.377 e. The van der Waals surface area contributed by atoms with Crippen LogP contribution in [0.2, 0.25) is 10.0 Å². The number of ether oxygens (including phenoxy) is 4. The Morgan fingerprint density at radius 2 is 1.97 bits per heavy atom. The summed E-state index contributed by atoms with van der Waals surface area (Å²) in [5.41, 5.74) is 8.74. The predicted molar refractivity (Wildman–Crippen MR) is 116 cm³/mol. The van der Waals surface area contributed by atoms with E-state index in [1.165, 1.54) is 7.11 Å². The summed E-state index contributed by atoms with van der Waals surface area (Å²) in [6.07, 6.45) is -2.82. The van der Waals surface area contributed by atoms with Crippen molar-refractivity contribution in [3.8, 4) is 0 Å². The molecule has 2 aliphatic heterocycles. The number of methoxy groups -OCH3 is 1. The lowest BCUT2D eigenvalue weighted by Crippen LogP contribution is -2.66. The molecule has 0 amide bonds. The zero-order valence-electron chi connectivity index (χ0n) is 15.9. The van der Waals surface area contributed by atoms with Crippen LogP contribution < -0.4 is 0 Å². The maximum Gasteiger partial charge on any atom is 0.184 e. The number of nitrogens with zero attached hydrogens (tertiary/aromatic N) is 3. The number of hydrogen-bond acceptors (Lipinski definition) is 6. The Morgan fingerprint density at radius 3 is 2.67 bits per heavy atom. The summed E-state index contributed by atoms with van der Waals surface area (Å²) in [6, 6.07) is 14.4. The molecule has 7 nitrogen and oxygen atoms in total. The standard InChI is InChI=1S/C20H19Cl2N3O4S/c1-26-17-19(30)28-15-10-27-18(11-5-3-2-4-6-11)29-16(15)20(17,24-25-23)13-9-12(21)7-8-14(13)22/h2-9,15-19,30H,10H2,1H3/t15-,16+,17+,18?,19-,20?/m1/s1. The van der Waals surface area contributed by atoms with E-state index in [1.54, 1.807) is 18.2 Å². The van der Waals surface area contributed by atoms with Gasteiger partial charge in [0.1, 0.15) is 29.3 Å². The van der Waals surface area contributed by atoms with Gasteiger partial charge in [-0.15, -0.1) is 12.6 Å². The molecule has 2 fully saturated rings. The van der Waals surface area contributed by atoms with E-state index in [0.717, 1.165) is 5.56 Å². The van der Waals surface area contributed by atoms with Gasteiger partial charge in [-0.05, 0) is 29.3 Å². The summed E-state index contributed by atoms with van der Waals surface area (Å²) in [7, 11) is 1.49. The number of halogens is 2. The fourth-order valence-corrected chi connectivity index (χ4v) is 5.04. The monoisotopic (exact) mass is 467 g/mol. The van der Waals surface area contributed by atoms with E-state index in [4.69, 9.17) is 42.1 Å². The van der Waals surface area contributed by atoms with Gasteiger partial charge in [-0.3, -0.25) is 0 Å². The molecule has 6 atom stereocenters. The van der Waals surface area contributed by atoms with E-state index in [9.17, 15) is 5.53 Å². The van der Waals surface area contributed by atoms with Crippen molar-refractivity contribution in [3.05, 3.63) is 80.1 Å². The van der Waals surface area contributed by atoms with Crippen molar-refractivity contribution in [2.75, 3.05) is 13.7 Å². The molecule has 0 radical (unpaired) electrons. The van der Waals surface area contributed by atoms with E-state index in [2.05, 4.69) is 22.7 Å². The van der Waals surface area contributed by atoms with Crippen molar-refractivity contribution in [2.45, 2.75) is 35.6 Å². The second kappa shape index (κ2) is 8.94. The average molecular weight is 468 g/mol. The highest BCUT2D eigenvalue weighted by Crippen LogP contribution is 2.50. The number of rotatable bonds is 4. The molecule has 10 heteroatoms. The minimum absolute atomic E-state index is 0.207. The third-order valence-electron chi connectivity index (χ3n) is 5.36. The molecule has 2 saturated heterocycles. The van der Waals surface area contributed by atoms with Gasteiger partial charge in [-0.1, -0.05) is 58.6 Å². The van der Waals surface area contributed by atoms with Gasteiger partial charge in [-0.2, -0.15) is 0 Å². The summed E-state index contributed by atoms with van der Waals surface area (Å²) >= 11 is 17.4. The van der Waals surface area contributed by atoms with Gasteiger partial charge in [0.15, 0.2) is 6.29 Å². The van der Waals surface area contributed by atoms with E-state index in [-0.39, 0.29) is 6.61 Å². The lowest BCUT2D eigenvalue weighted by atomic mass is 9.75. The van der Waals surface area contributed by atoms with Crippen LogP contribution in [0.1, 0.15) is 17.4 Å². The molecule has 0 aliphatic carbocycles. The highest BCUT2D eigenvalue weighted by molar-refractivity contribution is 7.80. The number of benzene rings is 2. The molecule has 158 valence electrons. The minimum Gasteiger partial charge on any atom is -0.377 e. The molecule has 0 spiro atoms. The predicted octanol–water partition coefficient (Wildman–Crippen LogP) is 5.28. The third-order valence-corrected chi connectivity index (χ3v) is 6.31. The molecular formula is C20H19Cl2N3O4S. The van der Waals surface area contributed by atoms with Crippen LogP contribution in [0, 0.1) is 0 Å². The van der Waals surface area contributed by atoms with Gasteiger partial charge in [-0.25, -0.2) is 0 Å².